The van der Waals surface area contributed by atoms with Gasteiger partial charge in [0.05, 0.1) is 11.7 Å². The molecule has 0 aliphatic heterocycles. The van der Waals surface area contributed by atoms with Gasteiger partial charge in [0.1, 0.15) is 0 Å². The fourth-order valence-corrected chi connectivity index (χ4v) is 1.29. The first-order chi connectivity index (χ1) is 7.66. The number of aryl methyl sites for hydroxylation is 1. The van der Waals surface area contributed by atoms with Gasteiger partial charge in [-0.1, -0.05) is 5.16 Å². The Morgan fingerprint density at radius 1 is 1.38 bits per heavy atom. The molecule has 2 rings (SSSR count). The normalized spacial score (nSPS) is 10.8. The summed E-state index contributed by atoms with van der Waals surface area (Å²) in [5.74, 6) is 1.55. The second kappa shape index (κ2) is 4.30. The van der Waals surface area contributed by atoms with Crippen molar-refractivity contribution in [2.24, 2.45) is 0 Å². The van der Waals surface area contributed by atoms with Crippen LogP contribution >= 0.6 is 0 Å². The fraction of sp³-hybridized carbons (Fsp3) is 0.364. The van der Waals surface area contributed by atoms with Crippen molar-refractivity contribution in [1.82, 2.24) is 15.1 Å². The number of rotatable bonds is 3. The lowest BCUT2D eigenvalue weighted by Gasteiger charge is -2.10. The maximum atomic E-state index is 5.58. The number of hydrogen-bond donors (Lipinski definition) is 0. The van der Waals surface area contributed by atoms with Crippen LogP contribution in [-0.4, -0.2) is 21.2 Å². The summed E-state index contributed by atoms with van der Waals surface area (Å²) >= 11 is 0. The Bertz CT molecular complexity index is 480. The van der Waals surface area contributed by atoms with Crippen LogP contribution in [0.5, 0.6) is 5.88 Å². The molecule has 0 saturated carbocycles. The minimum Gasteiger partial charge on any atom is -0.474 e. The first-order valence-corrected chi connectivity index (χ1v) is 5.09. The molecule has 16 heavy (non-hydrogen) atoms. The molecule has 0 aromatic carbocycles. The van der Waals surface area contributed by atoms with Crippen LogP contribution in [0.2, 0.25) is 0 Å². The van der Waals surface area contributed by atoms with Crippen LogP contribution in [0.1, 0.15) is 19.7 Å². The molecule has 0 spiro atoms. The lowest BCUT2D eigenvalue weighted by molar-refractivity contribution is 0.233. The van der Waals surface area contributed by atoms with E-state index >= 15 is 0 Å². The predicted molar refractivity (Wildman–Crippen MR) is 58.0 cm³/mol. The average Bonchev–Trinajstić information content (AvgIpc) is 2.65. The zero-order chi connectivity index (χ0) is 11.5. The number of hydrogen-bond acceptors (Lipinski definition) is 5. The van der Waals surface area contributed by atoms with E-state index in [9.17, 15) is 0 Å². The molecule has 0 aliphatic rings. The maximum absolute atomic E-state index is 5.58. The highest BCUT2D eigenvalue weighted by Crippen LogP contribution is 2.25. The number of ether oxygens (including phenoxy) is 1. The van der Waals surface area contributed by atoms with Crippen molar-refractivity contribution >= 4 is 0 Å². The van der Waals surface area contributed by atoms with Crippen molar-refractivity contribution in [1.29, 1.82) is 0 Å². The second-order valence-corrected chi connectivity index (χ2v) is 3.66. The molecule has 2 heterocycles. The van der Waals surface area contributed by atoms with Gasteiger partial charge in [-0.25, -0.2) is 4.98 Å². The molecule has 0 N–H and O–H groups in total. The Hall–Kier alpha value is -1.91. The Kier molecular flexibility index (Phi) is 2.85. The van der Waals surface area contributed by atoms with Gasteiger partial charge in [0, 0.05) is 13.1 Å². The third-order valence-electron chi connectivity index (χ3n) is 1.89. The molecule has 5 heteroatoms. The van der Waals surface area contributed by atoms with Crippen molar-refractivity contribution in [3.05, 3.63) is 24.2 Å². The second-order valence-electron chi connectivity index (χ2n) is 3.66. The third-order valence-corrected chi connectivity index (χ3v) is 1.89. The SMILES string of the molecule is Cc1nc(-c2cccnc2OC(C)C)no1. The molecule has 0 fully saturated rings. The van der Waals surface area contributed by atoms with E-state index in [1.807, 2.05) is 26.0 Å². The Morgan fingerprint density at radius 3 is 2.81 bits per heavy atom. The van der Waals surface area contributed by atoms with Gasteiger partial charge in [-0.15, -0.1) is 0 Å². The van der Waals surface area contributed by atoms with Crippen LogP contribution in [-0.2, 0) is 0 Å². The zero-order valence-corrected chi connectivity index (χ0v) is 9.47. The van der Waals surface area contributed by atoms with Crippen molar-refractivity contribution in [2.75, 3.05) is 0 Å². The molecule has 0 saturated heterocycles. The van der Waals surface area contributed by atoms with E-state index in [1.54, 1.807) is 13.1 Å². The number of aromatic nitrogens is 3. The maximum Gasteiger partial charge on any atom is 0.224 e. The first-order valence-electron chi connectivity index (χ1n) is 5.09. The van der Waals surface area contributed by atoms with Crippen LogP contribution in [0.15, 0.2) is 22.9 Å². The molecule has 84 valence electrons. The van der Waals surface area contributed by atoms with Gasteiger partial charge >= 0.3 is 0 Å². The van der Waals surface area contributed by atoms with Gasteiger partial charge in [0.25, 0.3) is 0 Å². The molecule has 0 aliphatic carbocycles. The van der Waals surface area contributed by atoms with Crippen molar-refractivity contribution < 1.29 is 9.26 Å². The molecule has 0 unspecified atom stereocenters. The number of pyridine rings is 1. The summed E-state index contributed by atoms with van der Waals surface area (Å²) in [5, 5.41) is 3.85. The van der Waals surface area contributed by atoms with Gasteiger partial charge in [-0.05, 0) is 26.0 Å². The molecular formula is C11H13N3O2. The Morgan fingerprint density at radius 2 is 2.19 bits per heavy atom. The highest BCUT2D eigenvalue weighted by molar-refractivity contribution is 5.60. The zero-order valence-electron chi connectivity index (χ0n) is 9.47. The quantitative estimate of drug-likeness (QED) is 0.792. The van der Waals surface area contributed by atoms with Crippen LogP contribution in [0, 0.1) is 6.92 Å². The summed E-state index contributed by atoms with van der Waals surface area (Å²) in [6.07, 6.45) is 1.73. The molecule has 2 aromatic heterocycles. The fourth-order valence-electron chi connectivity index (χ4n) is 1.29. The lowest BCUT2D eigenvalue weighted by Crippen LogP contribution is -2.08. The molecule has 0 atom stereocenters. The third kappa shape index (κ3) is 2.18. The van der Waals surface area contributed by atoms with Crippen LogP contribution in [0.25, 0.3) is 11.4 Å². The summed E-state index contributed by atoms with van der Waals surface area (Å²) in [4.78, 5) is 8.31. The van der Waals surface area contributed by atoms with Gasteiger partial charge in [-0.2, -0.15) is 4.98 Å². The largest absolute Gasteiger partial charge is 0.474 e. The van der Waals surface area contributed by atoms with Gasteiger partial charge in [0.15, 0.2) is 0 Å². The summed E-state index contributed by atoms with van der Waals surface area (Å²) in [6, 6.07) is 3.67. The van der Waals surface area contributed by atoms with Crippen molar-refractivity contribution in [3.63, 3.8) is 0 Å². The predicted octanol–water partition coefficient (Wildman–Crippen LogP) is 2.23. The summed E-state index contributed by atoms with van der Waals surface area (Å²) in [6.45, 7) is 5.63. The monoisotopic (exact) mass is 219 g/mol. The van der Waals surface area contributed by atoms with Gasteiger partial charge in [0.2, 0.25) is 17.6 Å². The summed E-state index contributed by atoms with van der Waals surface area (Å²) < 4.78 is 10.5. The Balaban J connectivity index is 2.40. The van der Waals surface area contributed by atoms with Crippen LogP contribution in [0.4, 0.5) is 0 Å². The van der Waals surface area contributed by atoms with E-state index < -0.39 is 0 Å². The van der Waals surface area contributed by atoms with Gasteiger partial charge < -0.3 is 9.26 Å². The van der Waals surface area contributed by atoms with Gasteiger partial charge in [-0.3, -0.25) is 0 Å². The molecule has 2 aromatic rings. The van der Waals surface area contributed by atoms with E-state index in [0.29, 0.717) is 17.6 Å². The first kappa shape index (κ1) is 10.6. The van der Waals surface area contributed by atoms with E-state index in [4.69, 9.17) is 9.26 Å². The van der Waals surface area contributed by atoms with E-state index in [2.05, 4.69) is 15.1 Å². The van der Waals surface area contributed by atoms with E-state index in [-0.39, 0.29) is 6.10 Å². The minimum atomic E-state index is 0.0571. The molecule has 5 nitrogen and oxygen atoms in total. The molecule has 0 bridgehead atoms. The number of nitrogens with zero attached hydrogens (tertiary/aromatic N) is 3. The molecule has 0 amide bonds. The Labute approximate surface area is 93.5 Å². The smallest absolute Gasteiger partial charge is 0.224 e. The standard InChI is InChI=1S/C11H13N3O2/c1-7(2)15-11-9(5-4-6-12-11)10-13-8(3)16-14-10/h4-7H,1-3H3. The average molecular weight is 219 g/mol. The minimum absolute atomic E-state index is 0.0571. The summed E-state index contributed by atoms with van der Waals surface area (Å²) in [7, 11) is 0. The van der Waals surface area contributed by atoms with E-state index in [1.165, 1.54) is 0 Å². The van der Waals surface area contributed by atoms with Crippen molar-refractivity contribution in [3.8, 4) is 17.3 Å². The highest BCUT2D eigenvalue weighted by Gasteiger charge is 2.13. The lowest BCUT2D eigenvalue weighted by atomic mass is 10.2. The van der Waals surface area contributed by atoms with Crippen molar-refractivity contribution in [2.45, 2.75) is 26.9 Å². The van der Waals surface area contributed by atoms with E-state index in [0.717, 1.165) is 5.56 Å². The van der Waals surface area contributed by atoms with Crippen LogP contribution < -0.4 is 4.74 Å². The summed E-state index contributed by atoms with van der Waals surface area (Å²) in [5.41, 5.74) is 0.744. The molecular weight excluding hydrogens is 206 g/mol. The molecule has 0 radical (unpaired) electrons. The topological polar surface area (TPSA) is 61.0 Å². The highest BCUT2D eigenvalue weighted by atomic mass is 16.5. The van der Waals surface area contributed by atoms with Crippen LogP contribution in [0.3, 0.4) is 0 Å².